The molecule has 20 heavy (non-hydrogen) atoms. The molecule has 1 heterocycles. The van der Waals surface area contributed by atoms with Crippen molar-refractivity contribution in [1.29, 1.82) is 0 Å². The summed E-state index contributed by atoms with van der Waals surface area (Å²) in [5.74, 6) is 0.0411. The van der Waals surface area contributed by atoms with Crippen LogP contribution in [0.1, 0.15) is 0 Å². The van der Waals surface area contributed by atoms with Crippen molar-refractivity contribution in [2.75, 3.05) is 20.4 Å². The number of benzene rings is 1. The second-order valence-corrected chi connectivity index (χ2v) is 5.66. The van der Waals surface area contributed by atoms with Gasteiger partial charge in [-0.15, -0.1) is 0 Å². The van der Waals surface area contributed by atoms with Crippen LogP contribution in [0, 0.1) is 0 Å². The second-order valence-electron chi connectivity index (χ2n) is 3.95. The Bertz CT molecular complexity index is 615. The monoisotopic (exact) mass is 302 g/mol. The van der Waals surface area contributed by atoms with Crippen molar-refractivity contribution in [1.82, 2.24) is 4.72 Å². The number of rotatable bonds is 5. The molecular weight excluding hydrogens is 288 g/mol. The van der Waals surface area contributed by atoms with Gasteiger partial charge in [0, 0.05) is 12.6 Å². The van der Waals surface area contributed by atoms with Crippen molar-refractivity contribution in [3.63, 3.8) is 0 Å². The average molecular weight is 302 g/mol. The Kier molecular flexibility index (Phi) is 4.12. The molecular formula is C11H14N2O6S. The van der Waals surface area contributed by atoms with E-state index in [9.17, 15) is 13.2 Å². The van der Waals surface area contributed by atoms with Gasteiger partial charge in [0.1, 0.15) is 6.04 Å². The lowest BCUT2D eigenvalue weighted by Crippen LogP contribution is -2.46. The normalized spacial score (nSPS) is 14.9. The van der Waals surface area contributed by atoms with Crippen molar-refractivity contribution in [2.45, 2.75) is 10.9 Å². The van der Waals surface area contributed by atoms with Gasteiger partial charge in [0.15, 0.2) is 11.5 Å². The molecule has 0 bridgehead atoms. The van der Waals surface area contributed by atoms with Gasteiger partial charge in [-0.1, -0.05) is 0 Å². The molecule has 0 spiro atoms. The molecule has 0 aromatic heterocycles. The molecule has 0 aliphatic carbocycles. The Labute approximate surface area is 115 Å². The highest BCUT2D eigenvalue weighted by Gasteiger charge is 2.26. The SMILES string of the molecule is COC(=O)[C@H](CN)NS(=O)(=O)c1ccc2c(c1)OCO2. The van der Waals surface area contributed by atoms with Crippen LogP contribution >= 0.6 is 0 Å². The lowest BCUT2D eigenvalue weighted by molar-refractivity contribution is -0.142. The molecule has 8 nitrogen and oxygen atoms in total. The van der Waals surface area contributed by atoms with Crippen LogP contribution in [0.2, 0.25) is 0 Å². The van der Waals surface area contributed by atoms with E-state index in [1.54, 1.807) is 0 Å². The van der Waals surface area contributed by atoms with Gasteiger partial charge < -0.3 is 19.9 Å². The minimum Gasteiger partial charge on any atom is -0.468 e. The smallest absolute Gasteiger partial charge is 0.325 e. The lowest BCUT2D eigenvalue weighted by atomic mass is 10.3. The van der Waals surface area contributed by atoms with Gasteiger partial charge in [-0.3, -0.25) is 4.79 Å². The predicted molar refractivity (Wildman–Crippen MR) is 67.7 cm³/mol. The maximum Gasteiger partial charge on any atom is 0.325 e. The number of sulfonamides is 1. The molecule has 0 saturated heterocycles. The van der Waals surface area contributed by atoms with Gasteiger partial charge in [-0.2, -0.15) is 4.72 Å². The molecule has 1 aromatic carbocycles. The molecule has 2 rings (SSSR count). The number of methoxy groups -OCH3 is 1. The van der Waals surface area contributed by atoms with Gasteiger partial charge in [-0.05, 0) is 12.1 Å². The summed E-state index contributed by atoms with van der Waals surface area (Å²) in [5.41, 5.74) is 5.35. The topological polar surface area (TPSA) is 117 Å². The highest BCUT2D eigenvalue weighted by molar-refractivity contribution is 7.89. The van der Waals surface area contributed by atoms with E-state index in [-0.39, 0.29) is 18.2 Å². The van der Waals surface area contributed by atoms with E-state index in [0.29, 0.717) is 11.5 Å². The van der Waals surface area contributed by atoms with Crippen LogP contribution in [0.25, 0.3) is 0 Å². The summed E-state index contributed by atoms with van der Waals surface area (Å²) in [6.07, 6.45) is 0. The summed E-state index contributed by atoms with van der Waals surface area (Å²) in [6, 6.07) is 3.00. The fourth-order valence-electron chi connectivity index (χ4n) is 1.63. The third-order valence-corrected chi connectivity index (χ3v) is 4.14. The van der Waals surface area contributed by atoms with E-state index in [1.165, 1.54) is 18.2 Å². The number of carbonyl (C=O) groups excluding carboxylic acids is 1. The standard InChI is InChI=1S/C11H14N2O6S/c1-17-11(14)8(5-12)13-20(15,16)7-2-3-9-10(4-7)19-6-18-9/h2-4,8,13H,5-6,12H2,1H3/t8-/m0/s1. The van der Waals surface area contributed by atoms with Crippen molar-refractivity contribution >= 4 is 16.0 Å². The number of nitrogens with one attached hydrogen (secondary N) is 1. The van der Waals surface area contributed by atoms with Crippen LogP contribution in [0.15, 0.2) is 23.1 Å². The second kappa shape index (κ2) is 5.65. The molecule has 0 radical (unpaired) electrons. The van der Waals surface area contributed by atoms with Crippen molar-refractivity contribution < 1.29 is 27.4 Å². The third-order valence-electron chi connectivity index (χ3n) is 2.67. The van der Waals surface area contributed by atoms with E-state index < -0.39 is 22.0 Å². The molecule has 1 aliphatic rings. The fraction of sp³-hybridized carbons (Fsp3) is 0.364. The van der Waals surface area contributed by atoms with Crippen molar-refractivity contribution in [3.8, 4) is 11.5 Å². The maximum absolute atomic E-state index is 12.2. The van der Waals surface area contributed by atoms with Crippen LogP contribution in [0.4, 0.5) is 0 Å². The third kappa shape index (κ3) is 2.84. The molecule has 1 aromatic rings. The van der Waals surface area contributed by atoms with Gasteiger partial charge in [0.25, 0.3) is 0 Å². The molecule has 0 amide bonds. The number of ether oxygens (including phenoxy) is 3. The minimum atomic E-state index is -3.91. The molecule has 0 saturated carbocycles. The average Bonchev–Trinajstić information content (AvgIpc) is 2.91. The summed E-state index contributed by atoms with van der Waals surface area (Å²) < 4.78 is 41.1. The zero-order valence-electron chi connectivity index (χ0n) is 10.7. The molecule has 110 valence electrons. The molecule has 0 fully saturated rings. The van der Waals surface area contributed by atoms with Crippen LogP contribution in [-0.2, 0) is 19.6 Å². The summed E-state index contributed by atoms with van der Waals surface area (Å²) in [5, 5.41) is 0. The summed E-state index contributed by atoms with van der Waals surface area (Å²) in [4.78, 5) is 11.3. The van der Waals surface area contributed by atoms with E-state index in [0.717, 1.165) is 7.11 Å². The number of nitrogens with two attached hydrogens (primary N) is 1. The molecule has 0 unspecified atom stereocenters. The number of hydrogen-bond acceptors (Lipinski definition) is 7. The van der Waals surface area contributed by atoms with Gasteiger partial charge >= 0.3 is 5.97 Å². The first-order valence-corrected chi connectivity index (χ1v) is 7.16. The zero-order valence-corrected chi connectivity index (χ0v) is 11.5. The zero-order chi connectivity index (χ0) is 14.8. The number of carbonyl (C=O) groups is 1. The molecule has 1 aliphatic heterocycles. The van der Waals surface area contributed by atoms with Crippen molar-refractivity contribution in [2.24, 2.45) is 5.73 Å². The van der Waals surface area contributed by atoms with Crippen molar-refractivity contribution in [3.05, 3.63) is 18.2 Å². The Hall–Kier alpha value is -1.84. The predicted octanol–water partition coefficient (Wildman–Crippen LogP) is -0.806. The first kappa shape index (κ1) is 14.6. The van der Waals surface area contributed by atoms with E-state index >= 15 is 0 Å². The maximum atomic E-state index is 12.2. The quantitative estimate of drug-likeness (QED) is 0.683. The van der Waals surface area contributed by atoms with Crippen LogP contribution < -0.4 is 19.9 Å². The summed E-state index contributed by atoms with van der Waals surface area (Å²) in [7, 11) is -2.76. The molecule has 3 N–H and O–H groups in total. The highest BCUT2D eigenvalue weighted by atomic mass is 32.2. The Morgan fingerprint density at radius 1 is 1.45 bits per heavy atom. The number of hydrogen-bond donors (Lipinski definition) is 2. The Morgan fingerprint density at radius 3 is 2.80 bits per heavy atom. The Morgan fingerprint density at radius 2 is 2.15 bits per heavy atom. The number of fused-ring (bicyclic) bond motifs is 1. The lowest BCUT2D eigenvalue weighted by Gasteiger charge is -2.14. The molecule has 1 atom stereocenters. The van der Waals surface area contributed by atoms with Gasteiger partial charge in [-0.25, -0.2) is 8.42 Å². The first-order valence-electron chi connectivity index (χ1n) is 5.68. The fourth-order valence-corrected chi connectivity index (χ4v) is 2.85. The first-order chi connectivity index (χ1) is 9.47. The van der Waals surface area contributed by atoms with Crippen LogP contribution in [0.5, 0.6) is 11.5 Å². The highest BCUT2D eigenvalue weighted by Crippen LogP contribution is 2.33. The number of esters is 1. The van der Waals surface area contributed by atoms with E-state index in [2.05, 4.69) is 9.46 Å². The Balaban J connectivity index is 2.24. The largest absolute Gasteiger partial charge is 0.468 e. The minimum absolute atomic E-state index is 0.0415. The van der Waals surface area contributed by atoms with E-state index in [4.69, 9.17) is 15.2 Å². The summed E-state index contributed by atoms with van der Waals surface area (Å²) in [6.45, 7) is -0.170. The van der Waals surface area contributed by atoms with Gasteiger partial charge in [0.05, 0.1) is 12.0 Å². The van der Waals surface area contributed by atoms with E-state index in [1.807, 2.05) is 0 Å². The van der Waals surface area contributed by atoms with Crippen LogP contribution in [-0.4, -0.2) is 40.9 Å². The summed E-state index contributed by atoms with van der Waals surface area (Å²) >= 11 is 0. The molecule has 9 heteroatoms. The van der Waals surface area contributed by atoms with Gasteiger partial charge in [0.2, 0.25) is 16.8 Å². The van der Waals surface area contributed by atoms with Crippen LogP contribution in [0.3, 0.4) is 0 Å².